The molecule has 0 bridgehead atoms. The van der Waals surface area contributed by atoms with Crippen molar-refractivity contribution in [3.8, 4) is 0 Å². The van der Waals surface area contributed by atoms with Crippen molar-refractivity contribution < 1.29 is 5.11 Å². The van der Waals surface area contributed by atoms with Crippen LogP contribution in [0, 0.1) is 5.92 Å². The highest BCUT2D eigenvalue weighted by atomic mass is 16.3. The topological polar surface area (TPSA) is 38.0 Å². The molecule has 2 saturated carbocycles. The predicted octanol–water partition coefficient (Wildman–Crippen LogP) is 4.26. The van der Waals surface area contributed by atoms with E-state index in [1.165, 1.54) is 64.2 Å². The van der Waals surface area contributed by atoms with Gasteiger partial charge in [0, 0.05) is 12.6 Å². The van der Waals surface area contributed by atoms with Gasteiger partial charge in [0.25, 0.3) is 0 Å². The first-order valence-corrected chi connectivity index (χ1v) is 9.03. The molecule has 0 spiro atoms. The first-order chi connectivity index (χ1) is 10.3. The first-order valence-electron chi connectivity index (χ1n) is 9.03. The van der Waals surface area contributed by atoms with E-state index in [1.54, 1.807) is 0 Å². The lowest BCUT2D eigenvalue weighted by Gasteiger charge is -2.22. The Hall–Kier alpha value is -0.830. The van der Waals surface area contributed by atoms with Crippen LogP contribution in [0.4, 0.5) is 0 Å². The third kappa shape index (κ3) is 4.32. The molecule has 118 valence electrons. The third-order valence-corrected chi connectivity index (χ3v) is 5.44. The van der Waals surface area contributed by atoms with E-state index in [9.17, 15) is 5.11 Å². The van der Waals surface area contributed by atoms with Gasteiger partial charge >= 0.3 is 0 Å². The molecule has 0 aliphatic heterocycles. The predicted molar refractivity (Wildman–Crippen MR) is 85.3 cm³/mol. The van der Waals surface area contributed by atoms with Gasteiger partial charge in [0.15, 0.2) is 0 Å². The number of aliphatic hydroxyl groups excluding tert-OH is 1. The summed E-state index contributed by atoms with van der Waals surface area (Å²) in [5, 5.41) is 14.9. The quantitative estimate of drug-likeness (QED) is 0.850. The van der Waals surface area contributed by atoms with Crippen molar-refractivity contribution in [3.63, 3.8) is 0 Å². The van der Waals surface area contributed by atoms with E-state index in [1.807, 2.05) is 0 Å². The summed E-state index contributed by atoms with van der Waals surface area (Å²) in [4.78, 5) is 0. The molecule has 3 rings (SSSR count). The van der Waals surface area contributed by atoms with Crippen LogP contribution >= 0.6 is 0 Å². The summed E-state index contributed by atoms with van der Waals surface area (Å²) in [6, 6.07) is 2.71. The minimum absolute atomic E-state index is 0.209. The number of aromatic nitrogens is 2. The maximum Gasteiger partial charge on any atom is 0.0650 e. The molecule has 1 unspecified atom stereocenters. The SMILES string of the molecule is OC(CCC1CCCCC1)Cc1ccn(C2CCCC2)n1. The molecule has 2 aliphatic carbocycles. The lowest BCUT2D eigenvalue weighted by molar-refractivity contribution is 0.148. The maximum atomic E-state index is 10.3. The van der Waals surface area contributed by atoms with Crippen LogP contribution in [-0.2, 0) is 6.42 Å². The van der Waals surface area contributed by atoms with Gasteiger partial charge in [-0.2, -0.15) is 5.10 Å². The molecular formula is C18H30N2O. The maximum absolute atomic E-state index is 10.3. The Bertz CT molecular complexity index is 417. The van der Waals surface area contributed by atoms with Crippen molar-refractivity contribution in [1.82, 2.24) is 9.78 Å². The summed E-state index contributed by atoms with van der Waals surface area (Å²) in [6.45, 7) is 0. The fourth-order valence-corrected chi connectivity index (χ4v) is 4.11. The van der Waals surface area contributed by atoms with Crippen molar-refractivity contribution in [1.29, 1.82) is 0 Å². The number of rotatable bonds is 6. The van der Waals surface area contributed by atoms with Crippen LogP contribution in [0.1, 0.15) is 82.4 Å². The Labute approximate surface area is 128 Å². The van der Waals surface area contributed by atoms with E-state index in [4.69, 9.17) is 0 Å². The molecule has 1 aromatic rings. The molecule has 1 N–H and O–H groups in total. The molecule has 1 atom stereocenters. The molecule has 0 radical (unpaired) electrons. The smallest absolute Gasteiger partial charge is 0.0650 e. The summed E-state index contributed by atoms with van der Waals surface area (Å²) in [6.07, 6.45) is 16.9. The molecule has 1 aromatic heterocycles. The average molecular weight is 290 g/mol. The minimum Gasteiger partial charge on any atom is -0.393 e. The Morgan fingerprint density at radius 2 is 1.81 bits per heavy atom. The summed E-state index contributed by atoms with van der Waals surface area (Å²) >= 11 is 0. The van der Waals surface area contributed by atoms with Crippen molar-refractivity contribution in [2.24, 2.45) is 5.92 Å². The summed E-state index contributed by atoms with van der Waals surface area (Å²) < 4.78 is 2.14. The molecule has 21 heavy (non-hydrogen) atoms. The Morgan fingerprint density at radius 1 is 1.10 bits per heavy atom. The molecule has 2 aliphatic rings. The van der Waals surface area contributed by atoms with E-state index >= 15 is 0 Å². The second kappa shape index (κ2) is 7.44. The Kier molecular flexibility index (Phi) is 5.34. The third-order valence-electron chi connectivity index (χ3n) is 5.44. The van der Waals surface area contributed by atoms with Gasteiger partial charge in [-0.1, -0.05) is 44.9 Å². The molecule has 0 aromatic carbocycles. The fourth-order valence-electron chi connectivity index (χ4n) is 4.11. The molecular weight excluding hydrogens is 260 g/mol. The largest absolute Gasteiger partial charge is 0.393 e. The average Bonchev–Trinajstić information content (AvgIpc) is 3.17. The van der Waals surface area contributed by atoms with Crippen LogP contribution in [0.15, 0.2) is 12.3 Å². The van der Waals surface area contributed by atoms with E-state index in [0.717, 1.165) is 24.5 Å². The zero-order valence-corrected chi connectivity index (χ0v) is 13.2. The first kappa shape index (κ1) is 15.1. The molecule has 2 fully saturated rings. The van der Waals surface area contributed by atoms with Gasteiger partial charge in [-0.25, -0.2) is 0 Å². The summed E-state index contributed by atoms with van der Waals surface area (Å²) in [5.74, 6) is 0.865. The molecule has 3 heteroatoms. The highest BCUT2D eigenvalue weighted by molar-refractivity contribution is 5.01. The van der Waals surface area contributed by atoms with Crippen LogP contribution in [0.5, 0.6) is 0 Å². The Balaban J connectivity index is 1.42. The highest BCUT2D eigenvalue weighted by Crippen LogP contribution is 2.29. The van der Waals surface area contributed by atoms with Crippen molar-refractivity contribution in [3.05, 3.63) is 18.0 Å². The van der Waals surface area contributed by atoms with E-state index in [2.05, 4.69) is 22.0 Å². The highest BCUT2D eigenvalue weighted by Gasteiger charge is 2.19. The van der Waals surface area contributed by atoms with Crippen LogP contribution < -0.4 is 0 Å². The normalized spacial score (nSPS) is 22.7. The molecule has 0 saturated heterocycles. The standard InChI is InChI=1S/C18H30N2O/c21-18(11-10-15-6-2-1-3-7-15)14-16-12-13-20(19-16)17-8-4-5-9-17/h12-13,15,17-18,21H,1-11,14H2. The monoisotopic (exact) mass is 290 g/mol. The van der Waals surface area contributed by atoms with Gasteiger partial charge in [-0.15, -0.1) is 0 Å². The van der Waals surface area contributed by atoms with Crippen molar-refractivity contribution >= 4 is 0 Å². The fraction of sp³-hybridized carbons (Fsp3) is 0.833. The van der Waals surface area contributed by atoms with Gasteiger partial charge < -0.3 is 5.11 Å². The lowest BCUT2D eigenvalue weighted by atomic mass is 9.85. The lowest BCUT2D eigenvalue weighted by Crippen LogP contribution is -2.15. The van der Waals surface area contributed by atoms with Gasteiger partial charge in [0.05, 0.1) is 17.8 Å². The van der Waals surface area contributed by atoms with Gasteiger partial charge in [-0.3, -0.25) is 4.68 Å². The number of nitrogens with zero attached hydrogens (tertiary/aromatic N) is 2. The number of aliphatic hydroxyl groups is 1. The second-order valence-corrected chi connectivity index (χ2v) is 7.16. The summed E-state index contributed by atoms with van der Waals surface area (Å²) in [7, 11) is 0. The number of hydrogen-bond donors (Lipinski definition) is 1. The second-order valence-electron chi connectivity index (χ2n) is 7.16. The van der Waals surface area contributed by atoms with Crippen LogP contribution in [0.3, 0.4) is 0 Å². The number of hydrogen-bond acceptors (Lipinski definition) is 2. The molecule has 1 heterocycles. The summed E-state index contributed by atoms with van der Waals surface area (Å²) in [5.41, 5.74) is 1.07. The van der Waals surface area contributed by atoms with E-state index in [-0.39, 0.29) is 6.10 Å². The van der Waals surface area contributed by atoms with Gasteiger partial charge in [0.1, 0.15) is 0 Å². The zero-order valence-electron chi connectivity index (χ0n) is 13.2. The van der Waals surface area contributed by atoms with E-state index in [0.29, 0.717) is 6.04 Å². The molecule has 3 nitrogen and oxygen atoms in total. The van der Waals surface area contributed by atoms with Crippen molar-refractivity contribution in [2.45, 2.75) is 89.2 Å². The van der Waals surface area contributed by atoms with Crippen LogP contribution in [0.25, 0.3) is 0 Å². The van der Waals surface area contributed by atoms with Gasteiger partial charge in [0.2, 0.25) is 0 Å². The van der Waals surface area contributed by atoms with Crippen LogP contribution in [0.2, 0.25) is 0 Å². The van der Waals surface area contributed by atoms with Gasteiger partial charge in [-0.05, 0) is 37.7 Å². The zero-order chi connectivity index (χ0) is 14.5. The Morgan fingerprint density at radius 3 is 2.57 bits per heavy atom. The van der Waals surface area contributed by atoms with Crippen LogP contribution in [-0.4, -0.2) is 21.0 Å². The van der Waals surface area contributed by atoms with Crippen molar-refractivity contribution in [2.75, 3.05) is 0 Å². The molecule has 0 amide bonds. The minimum atomic E-state index is -0.209. The van der Waals surface area contributed by atoms with E-state index < -0.39 is 0 Å².